The number of alkyl halides is 1. The molecule has 2 aliphatic rings. The van der Waals surface area contributed by atoms with Crippen LogP contribution in [0.3, 0.4) is 0 Å². The van der Waals surface area contributed by atoms with Crippen LogP contribution in [0.25, 0.3) is 0 Å². The number of benzene rings is 1. The highest BCUT2D eigenvalue weighted by Crippen LogP contribution is 2.54. The first-order valence-electron chi connectivity index (χ1n) is 9.68. The van der Waals surface area contributed by atoms with Crippen LogP contribution < -0.4 is 5.43 Å². The van der Waals surface area contributed by atoms with Gasteiger partial charge in [-0.05, 0) is 42.2 Å². The number of carbonyl (C=O) groups is 1. The highest BCUT2D eigenvalue weighted by Gasteiger charge is 2.50. The van der Waals surface area contributed by atoms with Gasteiger partial charge in [0.05, 0.1) is 14.9 Å². The molecule has 0 radical (unpaired) electrons. The number of pyridine rings is 1. The second kappa shape index (κ2) is 7.69. The largest absolute Gasteiger partial charge is 0.347 e. The number of Topliss-reactive ketones (excluding diaryl/α,β-unsaturated/α-hetero) is 1. The van der Waals surface area contributed by atoms with E-state index in [9.17, 15) is 9.59 Å². The van der Waals surface area contributed by atoms with Crippen molar-refractivity contribution in [2.45, 2.75) is 43.2 Å². The highest BCUT2D eigenvalue weighted by molar-refractivity contribution is 14.1. The van der Waals surface area contributed by atoms with Crippen molar-refractivity contribution >= 4 is 44.3 Å². The van der Waals surface area contributed by atoms with Crippen molar-refractivity contribution in [3.05, 3.63) is 68.0 Å². The SMILES string of the molecule is Cc1c2n(cc(Br)c1=O)CC1N(CC(=O)c3ccccc3)CCC[C@]1(C)C2I. The summed E-state index contributed by atoms with van der Waals surface area (Å²) in [4.78, 5) is 27.7. The molecule has 2 aromatic rings. The van der Waals surface area contributed by atoms with Gasteiger partial charge in [0.25, 0.3) is 0 Å². The average Bonchev–Trinajstić information content (AvgIpc) is 2.68. The van der Waals surface area contributed by atoms with Gasteiger partial charge in [0.1, 0.15) is 0 Å². The summed E-state index contributed by atoms with van der Waals surface area (Å²) < 4.78 is 3.08. The normalized spacial score (nSPS) is 27.1. The van der Waals surface area contributed by atoms with E-state index in [2.05, 4.69) is 54.9 Å². The van der Waals surface area contributed by atoms with Gasteiger partial charge < -0.3 is 4.57 Å². The third kappa shape index (κ3) is 3.31. The molecule has 0 N–H and O–H groups in total. The summed E-state index contributed by atoms with van der Waals surface area (Å²) in [5, 5.41) is 0. The number of ketones is 1. The van der Waals surface area contributed by atoms with Crippen molar-refractivity contribution in [1.29, 1.82) is 0 Å². The van der Waals surface area contributed by atoms with Crippen LogP contribution in [0.5, 0.6) is 0 Å². The van der Waals surface area contributed by atoms with Gasteiger partial charge in [0.2, 0.25) is 0 Å². The Morgan fingerprint density at radius 3 is 2.75 bits per heavy atom. The van der Waals surface area contributed by atoms with Gasteiger partial charge in [0.15, 0.2) is 11.2 Å². The number of halogens is 2. The van der Waals surface area contributed by atoms with Gasteiger partial charge in [0, 0.05) is 41.0 Å². The van der Waals surface area contributed by atoms with Crippen LogP contribution in [0, 0.1) is 12.3 Å². The summed E-state index contributed by atoms with van der Waals surface area (Å²) in [6.45, 7) is 6.48. The lowest BCUT2D eigenvalue weighted by atomic mass is 9.69. The Morgan fingerprint density at radius 1 is 1.32 bits per heavy atom. The molecule has 1 fully saturated rings. The standard InChI is InChI=1S/C22H24BrIN2O2/c1-14-19-21(24)22(2)9-6-10-25(12-17(27)15-7-4-3-5-8-15)18(22)13-26(19)11-16(23)20(14)28/h3-5,7-8,11,18,21H,6,9-10,12-13H2,1-2H3/t18?,21?,22-/m0/s1. The Hall–Kier alpha value is -0.990. The zero-order chi connectivity index (χ0) is 20.1. The Bertz CT molecular complexity index is 974. The highest BCUT2D eigenvalue weighted by atomic mass is 127. The number of nitrogens with zero attached hydrogens (tertiary/aromatic N) is 2. The number of rotatable bonds is 3. The number of likely N-dealkylation sites (tertiary alicyclic amines) is 1. The smallest absolute Gasteiger partial charge is 0.198 e. The molecule has 2 unspecified atom stereocenters. The van der Waals surface area contributed by atoms with Crippen molar-refractivity contribution in [1.82, 2.24) is 9.47 Å². The molecule has 0 bridgehead atoms. The quantitative estimate of drug-likeness (QED) is 0.312. The molecule has 3 heterocycles. The summed E-state index contributed by atoms with van der Waals surface area (Å²) in [6, 6.07) is 9.84. The third-order valence-electron chi connectivity index (χ3n) is 6.51. The van der Waals surface area contributed by atoms with Gasteiger partial charge >= 0.3 is 0 Å². The fraction of sp³-hybridized carbons (Fsp3) is 0.455. The van der Waals surface area contributed by atoms with Gasteiger partial charge in [-0.15, -0.1) is 0 Å². The molecule has 0 saturated carbocycles. The van der Waals surface area contributed by atoms with E-state index in [0.717, 1.165) is 42.8 Å². The molecule has 1 saturated heterocycles. The van der Waals surface area contributed by atoms with Crippen LogP contribution in [0.15, 0.2) is 45.8 Å². The molecule has 3 atom stereocenters. The number of aromatic nitrogens is 1. The maximum Gasteiger partial charge on any atom is 0.198 e. The molecular formula is C22H24BrIN2O2. The first kappa shape index (κ1) is 20.3. The van der Waals surface area contributed by atoms with Gasteiger partial charge in [-0.3, -0.25) is 14.5 Å². The van der Waals surface area contributed by atoms with Gasteiger partial charge in [-0.25, -0.2) is 0 Å². The molecule has 0 aliphatic carbocycles. The minimum Gasteiger partial charge on any atom is -0.347 e. The van der Waals surface area contributed by atoms with E-state index in [1.54, 1.807) is 0 Å². The second-order valence-corrected chi connectivity index (χ2v) is 10.3. The lowest BCUT2D eigenvalue weighted by Crippen LogP contribution is -2.58. The molecule has 1 aromatic heterocycles. The molecule has 0 amide bonds. The van der Waals surface area contributed by atoms with E-state index in [1.807, 2.05) is 43.5 Å². The number of hydrogen-bond acceptors (Lipinski definition) is 3. The minimum atomic E-state index is 0.0425. The molecule has 148 valence electrons. The summed E-state index contributed by atoms with van der Waals surface area (Å²) >= 11 is 5.95. The second-order valence-electron chi connectivity index (χ2n) is 8.22. The number of piperidine rings is 1. The lowest BCUT2D eigenvalue weighted by Gasteiger charge is -2.54. The van der Waals surface area contributed by atoms with Crippen molar-refractivity contribution in [2.24, 2.45) is 5.41 Å². The molecular weight excluding hydrogens is 531 g/mol. The summed E-state index contributed by atoms with van der Waals surface area (Å²) in [7, 11) is 0. The fourth-order valence-electron chi connectivity index (χ4n) is 4.87. The predicted octanol–water partition coefficient (Wildman–Crippen LogP) is 4.76. The van der Waals surface area contributed by atoms with Gasteiger partial charge in [-0.2, -0.15) is 0 Å². The zero-order valence-electron chi connectivity index (χ0n) is 16.1. The number of hydrogen-bond donors (Lipinski definition) is 0. The van der Waals surface area contributed by atoms with Crippen molar-refractivity contribution in [3.63, 3.8) is 0 Å². The molecule has 6 heteroatoms. The maximum absolute atomic E-state index is 12.9. The monoisotopic (exact) mass is 554 g/mol. The van der Waals surface area contributed by atoms with E-state index in [-0.39, 0.29) is 26.6 Å². The molecule has 1 aromatic carbocycles. The van der Waals surface area contributed by atoms with E-state index in [4.69, 9.17) is 0 Å². The van der Waals surface area contributed by atoms with Crippen molar-refractivity contribution < 1.29 is 4.79 Å². The van der Waals surface area contributed by atoms with Crippen LogP contribution in [0.2, 0.25) is 0 Å². The van der Waals surface area contributed by atoms with Crippen molar-refractivity contribution in [3.8, 4) is 0 Å². The Balaban J connectivity index is 1.69. The number of carbonyl (C=O) groups excluding carboxylic acids is 1. The van der Waals surface area contributed by atoms with E-state index >= 15 is 0 Å². The maximum atomic E-state index is 12.9. The predicted molar refractivity (Wildman–Crippen MR) is 123 cm³/mol. The lowest BCUT2D eigenvalue weighted by molar-refractivity contribution is 0.00353. The van der Waals surface area contributed by atoms with Gasteiger partial charge in [-0.1, -0.05) is 59.8 Å². The molecule has 4 nitrogen and oxygen atoms in total. The van der Waals surface area contributed by atoms with Crippen LogP contribution in [-0.2, 0) is 6.54 Å². The van der Waals surface area contributed by atoms with Crippen LogP contribution >= 0.6 is 38.5 Å². The summed E-state index contributed by atoms with van der Waals surface area (Å²) in [5.74, 6) is 0.179. The van der Waals surface area contributed by atoms with Crippen LogP contribution in [0.1, 0.15) is 45.3 Å². The summed E-state index contributed by atoms with van der Waals surface area (Å²) in [6.07, 6.45) is 4.13. The van der Waals surface area contributed by atoms with E-state index in [0.29, 0.717) is 11.0 Å². The Kier molecular flexibility index (Phi) is 5.57. The topological polar surface area (TPSA) is 42.3 Å². The Morgan fingerprint density at radius 2 is 2.04 bits per heavy atom. The summed E-state index contributed by atoms with van der Waals surface area (Å²) in [5.41, 5.74) is 2.89. The first-order chi connectivity index (χ1) is 13.3. The number of fused-ring (bicyclic) bond motifs is 2. The van der Waals surface area contributed by atoms with E-state index < -0.39 is 0 Å². The Labute approximate surface area is 187 Å². The molecule has 2 aliphatic heterocycles. The molecule has 0 spiro atoms. The fourth-order valence-corrected chi connectivity index (χ4v) is 6.97. The van der Waals surface area contributed by atoms with E-state index in [1.165, 1.54) is 0 Å². The first-order valence-corrected chi connectivity index (χ1v) is 11.7. The van der Waals surface area contributed by atoms with Crippen LogP contribution in [-0.4, -0.2) is 34.4 Å². The van der Waals surface area contributed by atoms with Crippen LogP contribution in [0.4, 0.5) is 0 Å². The minimum absolute atomic E-state index is 0.0425. The molecule has 28 heavy (non-hydrogen) atoms. The average molecular weight is 555 g/mol. The van der Waals surface area contributed by atoms with Crippen molar-refractivity contribution in [2.75, 3.05) is 13.1 Å². The molecule has 4 rings (SSSR count). The third-order valence-corrected chi connectivity index (χ3v) is 9.09. The zero-order valence-corrected chi connectivity index (χ0v) is 19.9.